The molecule has 2 aromatic rings. The smallest absolute Gasteiger partial charge is 0.303 e. The summed E-state index contributed by atoms with van der Waals surface area (Å²) in [4.78, 5) is 3.60. The normalized spacial score (nSPS) is 12.1. The molecule has 18 heavy (non-hydrogen) atoms. The van der Waals surface area contributed by atoms with Crippen LogP contribution in [-0.2, 0) is 6.18 Å². The fraction of sp³-hybridized carbons (Fsp3) is 0.308. The monoisotopic (exact) mass is 254 g/mol. The van der Waals surface area contributed by atoms with E-state index >= 15 is 0 Å². The zero-order chi connectivity index (χ0) is 13.5. The zero-order valence-electron chi connectivity index (χ0n) is 10.2. The molecule has 0 atom stereocenters. The van der Waals surface area contributed by atoms with Gasteiger partial charge >= 0.3 is 6.18 Å². The molecule has 0 saturated heterocycles. The molecule has 2 rings (SSSR count). The Kier molecular flexibility index (Phi) is 2.92. The van der Waals surface area contributed by atoms with Gasteiger partial charge in [0, 0.05) is 6.20 Å². The third-order valence-corrected chi connectivity index (χ3v) is 2.92. The van der Waals surface area contributed by atoms with Crippen LogP contribution >= 0.6 is 0 Å². The van der Waals surface area contributed by atoms with Crippen molar-refractivity contribution in [2.45, 2.75) is 26.4 Å². The summed E-state index contributed by atoms with van der Waals surface area (Å²) >= 11 is 0. The number of aryl methyl sites for hydroxylation is 1. The van der Waals surface area contributed by atoms with Crippen molar-refractivity contribution < 1.29 is 13.2 Å². The fourth-order valence-corrected chi connectivity index (χ4v) is 1.86. The molecular weight excluding hydrogens is 241 g/mol. The number of aromatic nitrogens is 2. The van der Waals surface area contributed by atoms with E-state index in [9.17, 15) is 13.2 Å². The summed E-state index contributed by atoms with van der Waals surface area (Å²) in [5.41, 5.74) is 0.957. The van der Waals surface area contributed by atoms with E-state index < -0.39 is 11.9 Å². The quantitative estimate of drug-likeness (QED) is 0.789. The number of hydrogen-bond acceptors (Lipinski definition) is 1. The number of imidazole rings is 1. The van der Waals surface area contributed by atoms with Crippen LogP contribution < -0.4 is 0 Å². The first-order chi connectivity index (χ1) is 8.34. The van der Waals surface area contributed by atoms with E-state index in [2.05, 4.69) is 11.6 Å². The Morgan fingerprint density at radius 3 is 2.61 bits per heavy atom. The molecule has 0 aliphatic carbocycles. The van der Waals surface area contributed by atoms with Crippen LogP contribution in [0.3, 0.4) is 0 Å². The highest BCUT2D eigenvalue weighted by Crippen LogP contribution is 2.32. The number of alkyl halides is 3. The van der Waals surface area contributed by atoms with Crippen molar-refractivity contribution in [2.24, 2.45) is 0 Å². The Morgan fingerprint density at radius 2 is 2.06 bits per heavy atom. The summed E-state index contributed by atoms with van der Waals surface area (Å²) < 4.78 is 39.7. The average Bonchev–Trinajstić information content (AvgIpc) is 2.65. The molecule has 2 aromatic heterocycles. The first kappa shape index (κ1) is 12.7. The molecule has 96 valence electrons. The summed E-state index contributed by atoms with van der Waals surface area (Å²) in [5.74, 6) is 0.322. The maximum Gasteiger partial charge on any atom is 0.435 e. The summed E-state index contributed by atoms with van der Waals surface area (Å²) in [5, 5.41) is 0. The lowest BCUT2D eigenvalue weighted by Crippen LogP contribution is -2.06. The average molecular weight is 254 g/mol. The van der Waals surface area contributed by atoms with Gasteiger partial charge in [-0.1, -0.05) is 19.6 Å². The van der Waals surface area contributed by atoms with Crippen LogP contribution in [0.2, 0.25) is 0 Å². The van der Waals surface area contributed by atoms with Crippen molar-refractivity contribution in [3.05, 3.63) is 42.0 Å². The van der Waals surface area contributed by atoms with Crippen LogP contribution in [0.1, 0.15) is 30.4 Å². The second kappa shape index (κ2) is 4.15. The number of hydrogen-bond donors (Lipinski definition) is 0. The Bertz CT molecular complexity index is 608. The van der Waals surface area contributed by atoms with Gasteiger partial charge in [-0.05, 0) is 30.5 Å². The van der Waals surface area contributed by atoms with Crippen LogP contribution in [0.4, 0.5) is 13.2 Å². The molecule has 2 heterocycles. The van der Waals surface area contributed by atoms with Crippen LogP contribution in [-0.4, -0.2) is 9.38 Å². The van der Waals surface area contributed by atoms with Crippen molar-refractivity contribution in [3.8, 4) is 0 Å². The van der Waals surface area contributed by atoms with Gasteiger partial charge in [-0.25, -0.2) is 4.98 Å². The topological polar surface area (TPSA) is 17.3 Å². The van der Waals surface area contributed by atoms with E-state index in [1.807, 2.05) is 6.92 Å². The predicted octanol–water partition coefficient (Wildman–Crippen LogP) is 4.08. The van der Waals surface area contributed by atoms with Gasteiger partial charge in [0.05, 0.1) is 5.52 Å². The van der Waals surface area contributed by atoms with Gasteiger partial charge in [0.2, 0.25) is 0 Å². The van der Waals surface area contributed by atoms with E-state index in [0.717, 1.165) is 17.6 Å². The molecule has 0 aliphatic rings. The SMILES string of the molecule is C=C(CC)c1ccc2c(C(F)(F)F)nc(C)n2c1. The van der Waals surface area contributed by atoms with E-state index in [4.69, 9.17) is 0 Å². The molecule has 0 aliphatic heterocycles. The van der Waals surface area contributed by atoms with Gasteiger partial charge in [0.25, 0.3) is 0 Å². The lowest BCUT2D eigenvalue weighted by molar-refractivity contribution is -0.139. The predicted molar refractivity (Wildman–Crippen MR) is 64.3 cm³/mol. The van der Waals surface area contributed by atoms with Crippen molar-refractivity contribution in [1.82, 2.24) is 9.38 Å². The number of rotatable bonds is 2. The highest BCUT2D eigenvalue weighted by atomic mass is 19.4. The highest BCUT2D eigenvalue weighted by molar-refractivity contribution is 5.66. The van der Waals surface area contributed by atoms with Crippen molar-refractivity contribution in [2.75, 3.05) is 0 Å². The second-order valence-electron chi connectivity index (χ2n) is 4.14. The van der Waals surface area contributed by atoms with Crippen LogP contribution in [0.5, 0.6) is 0 Å². The molecule has 0 fully saturated rings. The van der Waals surface area contributed by atoms with Crippen molar-refractivity contribution in [3.63, 3.8) is 0 Å². The molecule has 2 nitrogen and oxygen atoms in total. The molecule has 5 heteroatoms. The van der Waals surface area contributed by atoms with Crippen molar-refractivity contribution >= 4 is 11.1 Å². The van der Waals surface area contributed by atoms with Crippen LogP contribution in [0, 0.1) is 6.92 Å². The molecule has 0 bridgehead atoms. The summed E-state index contributed by atoms with van der Waals surface area (Å²) in [7, 11) is 0. The lowest BCUT2D eigenvalue weighted by Gasteiger charge is -2.06. The Morgan fingerprint density at radius 1 is 1.39 bits per heavy atom. The number of fused-ring (bicyclic) bond motifs is 1. The number of pyridine rings is 1. The van der Waals surface area contributed by atoms with Gasteiger partial charge in [-0.15, -0.1) is 0 Å². The zero-order valence-corrected chi connectivity index (χ0v) is 10.2. The van der Waals surface area contributed by atoms with Gasteiger partial charge in [0.15, 0.2) is 5.69 Å². The summed E-state index contributed by atoms with van der Waals surface area (Å²) in [6.07, 6.45) is -2.02. The Balaban J connectivity index is 2.66. The third kappa shape index (κ3) is 2.00. The molecule has 0 unspecified atom stereocenters. The summed E-state index contributed by atoms with van der Waals surface area (Å²) in [6.45, 7) is 7.39. The largest absolute Gasteiger partial charge is 0.435 e. The highest BCUT2D eigenvalue weighted by Gasteiger charge is 2.36. The minimum Gasteiger partial charge on any atom is -0.303 e. The molecule has 0 saturated carbocycles. The molecule has 0 spiro atoms. The third-order valence-electron chi connectivity index (χ3n) is 2.92. The summed E-state index contributed by atoms with van der Waals surface area (Å²) in [6, 6.07) is 3.09. The second-order valence-corrected chi connectivity index (χ2v) is 4.14. The van der Waals surface area contributed by atoms with Crippen molar-refractivity contribution in [1.29, 1.82) is 0 Å². The minimum absolute atomic E-state index is 0.0765. The minimum atomic E-state index is -4.43. The van der Waals surface area contributed by atoms with Crippen LogP contribution in [0.25, 0.3) is 11.1 Å². The number of halogens is 3. The standard InChI is InChI=1S/C13H13F3N2/c1-4-8(2)10-5-6-11-12(13(14,15)16)17-9(3)18(11)7-10/h5-7H,2,4H2,1,3H3. The van der Waals surface area contributed by atoms with Gasteiger partial charge in [-0.3, -0.25) is 0 Å². The van der Waals surface area contributed by atoms with E-state index in [0.29, 0.717) is 5.82 Å². The first-order valence-corrected chi connectivity index (χ1v) is 5.58. The molecular formula is C13H13F3N2. The van der Waals surface area contributed by atoms with Gasteiger partial charge < -0.3 is 4.40 Å². The Hall–Kier alpha value is -1.78. The van der Waals surface area contributed by atoms with Crippen LogP contribution in [0.15, 0.2) is 24.9 Å². The molecule has 0 amide bonds. The van der Waals surface area contributed by atoms with E-state index in [1.165, 1.54) is 10.5 Å². The number of nitrogens with zero attached hydrogens (tertiary/aromatic N) is 2. The molecule has 0 radical (unpaired) electrons. The van der Waals surface area contributed by atoms with E-state index in [-0.39, 0.29) is 5.52 Å². The van der Waals surface area contributed by atoms with E-state index in [1.54, 1.807) is 19.2 Å². The lowest BCUT2D eigenvalue weighted by atomic mass is 10.1. The first-order valence-electron chi connectivity index (χ1n) is 5.58. The molecule has 0 N–H and O–H groups in total. The maximum absolute atomic E-state index is 12.8. The van der Waals surface area contributed by atoms with Gasteiger partial charge in [0.1, 0.15) is 5.82 Å². The molecule has 0 aromatic carbocycles. The fourth-order valence-electron chi connectivity index (χ4n) is 1.86. The van der Waals surface area contributed by atoms with Gasteiger partial charge in [-0.2, -0.15) is 13.2 Å². The maximum atomic E-state index is 12.8. The number of allylic oxidation sites excluding steroid dienone is 1. The Labute approximate surface area is 103 Å².